The molecular formula is C24H31NO2. The smallest absolute Gasteiger partial charge is 0.261 e. The zero-order valence-electron chi connectivity index (χ0n) is 16.6. The van der Waals surface area contributed by atoms with Crippen LogP contribution in [0.4, 0.5) is 0 Å². The lowest BCUT2D eigenvalue weighted by atomic mass is 9.92. The first-order chi connectivity index (χ1) is 13.2. The molecule has 0 aromatic heterocycles. The van der Waals surface area contributed by atoms with Gasteiger partial charge in [0.1, 0.15) is 5.75 Å². The number of amides is 1. The topological polar surface area (TPSA) is 38.3 Å². The van der Waals surface area contributed by atoms with Crippen molar-refractivity contribution in [2.75, 3.05) is 6.54 Å². The molecule has 0 spiro atoms. The molecule has 144 valence electrons. The zero-order chi connectivity index (χ0) is 19.1. The van der Waals surface area contributed by atoms with Crippen LogP contribution >= 0.6 is 0 Å². The Hall–Kier alpha value is -2.29. The van der Waals surface area contributed by atoms with Crippen LogP contribution in [0.3, 0.4) is 0 Å². The summed E-state index contributed by atoms with van der Waals surface area (Å²) in [7, 11) is 0. The Balaban J connectivity index is 1.46. The van der Waals surface area contributed by atoms with E-state index in [1.54, 1.807) is 0 Å². The standard InChI is InChI=1S/C24H31NO2/c1-3-23(27-22-15-14-20-8-4-5-9-21(20)17-22)24(26)25-16-6-7-19-12-10-18(2)11-13-19/h10-15,17,23H,3-9,16H2,1-2H3,(H,25,26)/t23-/m0/s1. The third kappa shape index (κ3) is 5.59. The van der Waals surface area contributed by atoms with Gasteiger partial charge >= 0.3 is 0 Å². The first kappa shape index (κ1) is 19.5. The summed E-state index contributed by atoms with van der Waals surface area (Å²) >= 11 is 0. The van der Waals surface area contributed by atoms with Gasteiger partial charge in [-0.25, -0.2) is 0 Å². The summed E-state index contributed by atoms with van der Waals surface area (Å²) in [5.74, 6) is 0.802. The van der Waals surface area contributed by atoms with Gasteiger partial charge in [-0.15, -0.1) is 0 Å². The first-order valence-corrected chi connectivity index (χ1v) is 10.3. The fourth-order valence-electron chi connectivity index (χ4n) is 3.64. The number of benzene rings is 2. The van der Waals surface area contributed by atoms with Gasteiger partial charge in [0.05, 0.1) is 0 Å². The Bertz CT molecular complexity index is 751. The SMILES string of the molecule is CC[C@H](Oc1ccc2c(c1)CCCC2)C(=O)NCCCc1ccc(C)cc1. The van der Waals surface area contributed by atoms with Crippen molar-refractivity contribution in [3.8, 4) is 5.75 Å². The van der Waals surface area contributed by atoms with Crippen molar-refractivity contribution in [3.63, 3.8) is 0 Å². The number of carbonyl (C=O) groups is 1. The van der Waals surface area contributed by atoms with Crippen molar-refractivity contribution < 1.29 is 9.53 Å². The van der Waals surface area contributed by atoms with Crippen LogP contribution in [-0.4, -0.2) is 18.6 Å². The molecule has 1 aliphatic rings. The second-order valence-electron chi connectivity index (χ2n) is 7.53. The van der Waals surface area contributed by atoms with E-state index in [2.05, 4.69) is 48.6 Å². The van der Waals surface area contributed by atoms with Crippen molar-refractivity contribution in [1.82, 2.24) is 5.32 Å². The van der Waals surface area contributed by atoms with Gasteiger partial charge in [0.2, 0.25) is 0 Å². The molecule has 0 radical (unpaired) electrons. The third-order valence-electron chi connectivity index (χ3n) is 5.32. The molecule has 27 heavy (non-hydrogen) atoms. The molecule has 3 heteroatoms. The highest BCUT2D eigenvalue weighted by molar-refractivity contribution is 5.81. The number of nitrogens with one attached hydrogen (secondary N) is 1. The highest BCUT2D eigenvalue weighted by atomic mass is 16.5. The highest BCUT2D eigenvalue weighted by Crippen LogP contribution is 2.26. The van der Waals surface area contributed by atoms with Crippen LogP contribution in [0, 0.1) is 6.92 Å². The van der Waals surface area contributed by atoms with Gasteiger partial charge in [0.15, 0.2) is 6.10 Å². The van der Waals surface area contributed by atoms with Gasteiger partial charge < -0.3 is 10.1 Å². The van der Waals surface area contributed by atoms with Crippen LogP contribution in [0.15, 0.2) is 42.5 Å². The monoisotopic (exact) mass is 365 g/mol. The van der Waals surface area contributed by atoms with Gasteiger partial charge in [0, 0.05) is 6.54 Å². The summed E-state index contributed by atoms with van der Waals surface area (Å²) in [6.45, 7) is 4.77. The van der Waals surface area contributed by atoms with Crippen molar-refractivity contribution >= 4 is 5.91 Å². The minimum atomic E-state index is -0.425. The molecule has 2 aromatic carbocycles. The number of hydrogen-bond donors (Lipinski definition) is 1. The fraction of sp³-hybridized carbons (Fsp3) is 0.458. The number of fused-ring (bicyclic) bond motifs is 1. The Morgan fingerprint density at radius 3 is 2.56 bits per heavy atom. The van der Waals surface area contributed by atoms with Crippen LogP contribution in [0.25, 0.3) is 0 Å². The Labute approximate surface area is 163 Å². The molecule has 0 unspecified atom stereocenters. The molecule has 3 nitrogen and oxygen atoms in total. The molecule has 0 saturated heterocycles. The van der Waals surface area contributed by atoms with Gasteiger partial charge in [0.25, 0.3) is 5.91 Å². The number of rotatable bonds is 8. The summed E-state index contributed by atoms with van der Waals surface area (Å²) in [5.41, 5.74) is 5.40. The summed E-state index contributed by atoms with van der Waals surface area (Å²) in [5, 5.41) is 3.03. The molecule has 1 aliphatic carbocycles. The minimum Gasteiger partial charge on any atom is -0.481 e. The van der Waals surface area contributed by atoms with Crippen molar-refractivity contribution in [2.24, 2.45) is 0 Å². The van der Waals surface area contributed by atoms with Gasteiger partial charge in [-0.1, -0.05) is 42.8 Å². The van der Waals surface area contributed by atoms with Crippen LogP contribution in [0.5, 0.6) is 5.75 Å². The van der Waals surface area contributed by atoms with Crippen LogP contribution in [0.2, 0.25) is 0 Å². The summed E-state index contributed by atoms with van der Waals surface area (Å²) in [4.78, 5) is 12.5. The van der Waals surface area contributed by atoms with E-state index in [1.807, 2.05) is 13.0 Å². The Morgan fingerprint density at radius 1 is 1.07 bits per heavy atom. The van der Waals surface area contributed by atoms with Gasteiger partial charge in [-0.3, -0.25) is 4.79 Å². The lowest BCUT2D eigenvalue weighted by Gasteiger charge is -2.20. The number of aryl methyl sites for hydroxylation is 4. The molecule has 0 aliphatic heterocycles. The molecule has 1 N–H and O–H groups in total. The molecule has 0 fully saturated rings. The van der Waals surface area contributed by atoms with Crippen LogP contribution in [0.1, 0.15) is 54.9 Å². The fourth-order valence-corrected chi connectivity index (χ4v) is 3.64. The largest absolute Gasteiger partial charge is 0.481 e. The maximum absolute atomic E-state index is 12.5. The average molecular weight is 366 g/mol. The van der Waals surface area contributed by atoms with E-state index in [1.165, 1.54) is 35.1 Å². The van der Waals surface area contributed by atoms with E-state index in [-0.39, 0.29) is 5.91 Å². The van der Waals surface area contributed by atoms with E-state index in [0.717, 1.165) is 31.4 Å². The van der Waals surface area contributed by atoms with Crippen molar-refractivity contribution in [2.45, 2.75) is 64.9 Å². The van der Waals surface area contributed by atoms with Crippen LogP contribution in [-0.2, 0) is 24.1 Å². The first-order valence-electron chi connectivity index (χ1n) is 10.3. The third-order valence-corrected chi connectivity index (χ3v) is 5.32. The average Bonchev–Trinajstić information content (AvgIpc) is 2.70. The Kier molecular flexibility index (Phi) is 6.92. The molecule has 0 bridgehead atoms. The van der Waals surface area contributed by atoms with Gasteiger partial charge in [-0.05, 0) is 80.7 Å². The van der Waals surface area contributed by atoms with Gasteiger partial charge in [-0.2, -0.15) is 0 Å². The molecule has 2 aromatic rings. The predicted molar refractivity (Wildman–Crippen MR) is 110 cm³/mol. The minimum absolute atomic E-state index is 0.0147. The normalized spacial score (nSPS) is 14.3. The summed E-state index contributed by atoms with van der Waals surface area (Å²) < 4.78 is 6.01. The number of ether oxygens (including phenoxy) is 1. The molecule has 3 rings (SSSR count). The summed E-state index contributed by atoms with van der Waals surface area (Å²) in [6, 6.07) is 14.9. The van der Waals surface area contributed by atoms with E-state index in [0.29, 0.717) is 13.0 Å². The molecule has 1 amide bonds. The number of carbonyl (C=O) groups excluding carboxylic acids is 1. The van der Waals surface area contributed by atoms with Crippen LogP contribution < -0.4 is 10.1 Å². The molecule has 1 atom stereocenters. The molecular weight excluding hydrogens is 334 g/mol. The van der Waals surface area contributed by atoms with E-state index in [4.69, 9.17) is 4.74 Å². The lowest BCUT2D eigenvalue weighted by molar-refractivity contribution is -0.128. The molecule has 0 heterocycles. The Morgan fingerprint density at radius 2 is 1.81 bits per heavy atom. The second-order valence-corrected chi connectivity index (χ2v) is 7.53. The highest BCUT2D eigenvalue weighted by Gasteiger charge is 2.19. The van der Waals surface area contributed by atoms with E-state index < -0.39 is 6.10 Å². The zero-order valence-corrected chi connectivity index (χ0v) is 16.6. The van der Waals surface area contributed by atoms with E-state index >= 15 is 0 Å². The molecule has 0 saturated carbocycles. The summed E-state index contributed by atoms with van der Waals surface area (Å²) in [6.07, 6.45) is 6.95. The quantitative estimate of drug-likeness (QED) is 0.684. The maximum atomic E-state index is 12.5. The van der Waals surface area contributed by atoms with Crippen molar-refractivity contribution in [3.05, 3.63) is 64.7 Å². The maximum Gasteiger partial charge on any atom is 0.261 e. The number of hydrogen-bond acceptors (Lipinski definition) is 2. The van der Waals surface area contributed by atoms with E-state index in [9.17, 15) is 4.79 Å². The second kappa shape index (κ2) is 9.59. The lowest BCUT2D eigenvalue weighted by Crippen LogP contribution is -2.38. The van der Waals surface area contributed by atoms with Crippen molar-refractivity contribution in [1.29, 1.82) is 0 Å². The predicted octanol–water partition coefficient (Wildman–Crippen LogP) is 4.78.